The van der Waals surface area contributed by atoms with Crippen molar-refractivity contribution in [3.8, 4) is 11.5 Å². The predicted molar refractivity (Wildman–Crippen MR) is 68.7 cm³/mol. The Morgan fingerprint density at radius 1 is 1.18 bits per heavy atom. The van der Waals surface area contributed by atoms with E-state index >= 15 is 0 Å². The van der Waals surface area contributed by atoms with Crippen molar-refractivity contribution in [3.05, 3.63) is 23.8 Å². The molecule has 0 amide bonds. The van der Waals surface area contributed by atoms with Gasteiger partial charge in [0.2, 0.25) is 0 Å². The molecular formula is C14H21NO2. The van der Waals surface area contributed by atoms with Crippen LogP contribution in [0.4, 0.5) is 0 Å². The van der Waals surface area contributed by atoms with E-state index < -0.39 is 0 Å². The van der Waals surface area contributed by atoms with Crippen LogP contribution in [-0.4, -0.2) is 20.8 Å². The molecule has 0 aliphatic carbocycles. The van der Waals surface area contributed by atoms with E-state index in [4.69, 9.17) is 9.47 Å². The summed E-state index contributed by atoms with van der Waals surface area (Å²) >= 11 is 0. The number of hydrogen-bond acceptors (Lipinski definition) is 3. The van der Waals surface area contributed by atoms with E-state index in [2.05, 4.69) is 12.2 Å². The maximum Gasteiger partial charge on any atom is 0.127 e. The molecule has 2 atom stereocenters. The fourth-order valence-corrected chi connectivity index (χ4v) is 2.55. The van der Waals surface area contributed by atoms with E-state index in [-0.39, 0.29) is 0 Å². The standard InChI is InChI=1S/C14H21NO2/c1-10-7-8-15-11(9-10)14-12(16-2)5-4-6-13(14)17-3/h4-6,10-11,15H,7-9H2,1-3H3. The first-order valence-corrected chi connectivity index (χ1v) is 6.20. The smallest absolute Gasteiger partial charge is 0.127 e. The molecule has 2 rings (SSSR count). The Labute approximate surface area is 103 Å². The lowest BCUT2D eigenvalue weighted by Gasteiger charge is -2.30. The van der Waals surface area contributed by atoms with E-state index in [0.717, 1.165) is 35.9 Å². The van der Waals surface area contributed by atoms with Gasteiger partial charge in [-0.25, -0.2) is 0 Å². The van der Waals surface area contributed by atoms with Gasteiger partial charge in [-0.3, -0.25) is 0 Å². The first kappa shape index (κ1) is 12.2. The van der Waals surface area contributed by atoms with Crippen LogP contribution in [-0.2, 0) is 0 Å². The lowest BCUT2D eigenvalue weighted by atomic mass is 9.89. The normalized spacial score (nSPS) is 24.4. The van der Waals surface area contributed by atoms with Crippen LogP contribution < -0.4 is 14.8 Å². The second kappa shape index (κ2) is 5.41. The fraction of sp³-hybridized carbons (Fsp3) is 0.571. The Balaban J connectivity index is 2.34. The lowest BCUT2D eigenvalue weighted by molar-refractivity contribution is 0.303. The highest BCUT2D eigenvalue weighted by atomic mass is 16.5. The summed E-state index contributed by atoms with van der Waals surface area (Å²) in [5, 5.41) is 3.56. The highest BCUT2D eigenvalue weighted by Gasteiger charge is 2.25. The summed E-state index contributed by atoms with van der Waals surface area (Å²) in [5.74, 6) is 2.57. The van der Waals surface area contributed by atoms with Gasteiger partial charge in [-0.2, -0.15) is 0 Å². The maximum absolute atomic E-state index is 5.46. The van der Waals surface area contributed by atoms with Gasteiger partial charge in [0, 0.05) is 6.04 Å². The molecule has 0 aromatic heterocycles. The monoisotopic (exact) mass is 235 g/mol. The van der Waals surface area contributed by atoms with Crippen molar-refractivity contribution in [2.45, 2.75) is 25.8 Å². The van der Waals surface area contributed by atoms with Gasteiger partial charge in [0.25, 0.3) is 0 Å². The van der Waals surface area contributed by atoms with Crippen molar-refractivity contribution in [2.75, 3.05) is 20.8 Å². The minimum atomic E-state index is 0.338. The maximum atomic E-state index is 5.46. The van der Waals surface area contributed by atoms with E-state index in [9.17, 15) is 0 Å². The Bertz CT molecular complexity index is 356. The molecule has 1 N–H and O–H groups in total. The van der Waals surface area contributed by atoms with Crippen LogP contribution in [0.2, 0.25) is 0 Å². The number of benzene rings is 1. The molecule has 1 fully saturated rings. The molecule has 1 saturated heterocycles. The zero-order chi connectivity index (χ0) is 12.3. The number of ether oxygens (including phenoxy) is 2. The zero-order valence-corrected chi connectivity index (χ0v) is 10.8. The molecule has 0 radical (unpaired) electrons. The summed E-state index contributed by atoms with van der Waals surface area (Å²) in [4.78, 5) is 0. The van der Waals surface area contributed by atoms with Gasteiger partial charge in [0.1, 0.15) is 11.5 Å². The molecule has 3 nitrogen and oxygen atoms in total. The molecule has 0 spiro atoms. The molecule has 3 heteroatoms. The van der Waals surface area contributed by atoms with Crippen LogP contribution in [0.25, 0.3) is 0 Å². The Kier molecular flexibility index (Phi) is 3.89. The Morgan fingerprint density at radius 3 is 2.35 bits per heavy atom. The first-order chi connectivity index (χ1) is 8.26. The summed E-state index contributed by atoms with van der Waals surface area (Å²) < 4.78 is 10.9. The van der Waals surface area contributed by atoms with Crippen LogP contribution in [0.15, 0.2) is 18.2 Å². The largest absolute Gasteiger partial charge is 0.496 e. The molecule has 17 heavy (non-hydrogen) atoms. The third-order valence-electron chi connectivity index (χ3n) is 3.48. The van der Waals surface area contributed by atoms with Crippen LogP contribution in [0, 0.1) is 5.92 Å². The first-order valence-electron chi connectivity index (χ1n) is 6.20. The van der Waals surface area contributed by atoms with Crippen molar-refractivity contribution in [2.24, 2.45) is 5.92 Å². The number of nitrogens with one attached hydrogen (secondary N) is 1. The predicted octanol–water partition coefficient (Wildman–Crippen LogP) is 2.76. The third-order valence-corrected chi connectivity index (χ3v) is 3.48. The molecule has 0 bridgehead atoms. The highest BCUT2D eigenvalue weighted by molar-refractivity contribution is 5.47. The SMILES string of the molecule is COc1cccc(OC)c1C1CC(C)CCN1. The summed E-state index contributed by atoms with van der Waals surface area (Å²) in [7, 11) is 3.43. The van der Waals surface area contributed by atoms with E-state index in [0.29, 0.717) is 6.04 Å². The van der Waals surface area contributed by atoms with Gasteiger partial charge in [-0.15, -0.1) is 0 Å². The van der Waals surface area contributed by atoms with Crippen LogP contribution in [0.1, 0.15) is 31.4 Å². The topological polar surface area (TPSA) is 30.5 Å². The number of rotatable bonds is 3. The molecule has 1 heterocycles. The number of methoxy groups -OCH3 is 2. The molecule has 1 aliphatic heterocycles. The minimum absolute atomic E-state index is 0.338. The zero-order valence-electron chi connectivity index (χ0n) is 10.8. The van der Waals surface area contributed by atoms with Gasteiger partial charge in [0.15, 0.2) is 0 Å². The van der Waals surface area contributed by atoms with E-state index in [1.165, 1.54) is 6.42 Å². The molecule has 2 unspecified atom stereocenters. The summed E-state index contributed by atoms with van der Waals surface area (Å²) in [6.45, 7) is 3.36. The van der Waals surface area contributed by atoms with Crippen molar-refractivity contribution < 1.29 is 9.47 Å². The van der Waals surface area contributed by atoms with Crippen molar-refractivity contribution in [1.29, 1.82) is 0 Å². The average molecular weight is 235 g/mol. The van der Waals surface area contributed by atoms with Gasteiger partial charge >= 0.3 is 0 Å². The van der Waals surface area contributed by atoms with Gasteiger partial charge in [-0.05, 0) is 37.4 Å². The van der Waals surface area contributed by atoms with Gasteiger partial charge < -0.3 is 14.8 Å². The van der Waals surface area contributed by atoms with Gasteiger partial charge in [0.05, 0.1) is 19.8 Å². The van der Waals surface area contributed by atoms with Crippen LogP contribution >= 0.6 is 0 Å². The minimum Gasteiger partial charge on any atom is -0.496 e. The lowest BCUT2D eigenvalue weighted by Crippen LogP contribution is -2.31. The van der Waals surface area contributed by atoms with Gasteiger partial charge in [-0.1, -0.05) is 13.0 Å². The highest BCUT2D eigenvalue weighted by Crippen LogP contribution is 2.38. The van der Waals surface area contributed by atoms with Crippen molar-refractivity contribution in [1.82, 2.24) is 5.32 Å². The molecule has 94 valence electrons. The van der Waals surface area contributed by atoms with Crippen molar-refractivity contribution in [3.63, 3.8) is 0 Å². The van der Waals surface area contributed by atoms with Crippen LogP contribution in [0.5, 0.6) is 11.5 Å². The molecule has 0 saturated carbocycles. The molecule has 1 aromatic rings. The Hall–Kier alpha value is -1.22. The quantitative estimate of drug-likeness (QED) is 0.874. The second-order valence-electron chi connectivity index (χ2n) is 4.71. The van der Waals surface area contributed by atoms with Crippen LogP contribution in [0.3, 0.4) is 0 Å². The molecule has 1 aromatic carbocycles. The summed E-state index contributed by atoms with van der Waals surface area (Å²) in [6, 6.07) is 6.30. The number of hydrogen-bond donors (Lipinski definition) is 1. The fourth-order valence-electron chi connectivity index (χ4n) is 2.55. The second-order valence-corrected chi connectivity index (χ2v) is 4.71. The molecule has 1 aliphatic rings. The van der Waals surface area contributed by atoms with E-state index in [1.54, 1.807) is 14.2 Å². The third kappa shape index (κ3) is 2.55. The summed E-state index contributed by atoms with van der Waals surface area (Å²) in [5.41, 5.74) is 1.16. The van der Waals surface area contributed by atoms with E-state index in [1.807, 2.05) is 18.2 Å². The summed E-state index contributed by atoms with van der Waals surface area (Å²) in [6.07, 6.45) is 2.38. The van der Waals surface area contributed by atoms with Crippen molar-refractivity contribution >= 4 is 0 Å². The number of piperidine rings is 1. The Morgan fingerprint density at radius 2 is 1.82 bits per heavy atom. The average Bonchev–Trinajstić information content (AvgIpc) is 2.37. The molecular weight excluding hydrogens is 214 g/mol.